The molecule has 1 N–H and O–H groups in total. The quantitative estimate of drug-likeness (QED) is 0.895. The second-order valence-electron chi connectivity index (χ2n) is 5.35. The molecule has 0 radical (unpaired) electrons. The summed E-state index contributed by atoms with van der Waals surface area (Å²) in [6.07, 6.45) is 3.63. The molecular formula is C14H19BrN4OS. The number of nitrogens with zero attached hydrogens (tertiary/aromatic N) is 3. The van der Waals surface area contributed by atoms with Crippen molar-refractivity contribution in [2.45, 2.75) is 31.8 Å². The van der Waals surface area contributed by atoms with Crippen molar-refractivity contribution < 1.29 is 4.42 Å². The molecule has 1 atom stereocenters. The third-order valence-electron chi connectivity index (χ3n) is 3.80. The first-order valence-electron chi connectivity index (χ1n) is 7.21. The van der Waals surface area contributed by atoms with E-state index in [-0.39, 0.29) is 0 Å². The van der Waals surface area contributed by atoms with Crippen molar-refractivity contribution in [2.24, 2.45) is 0 Å². The number of aromatic nitrogens is 2. The summed E-state index contributed by atoms with van der Waals surface area (Å²) in [5, 5.41) is 11.8. The molecule has 0 aromatic carbocycles. The number of halogens is 1. The van der Waals surface area contributed by atoms with Gasteiger partial charge in [-0.3, -0.25) is 4.90 Å². The molecule has 1 saturated heterocycles. The molecular weight excluding hydrogens is 352 g/mol. The summed E-state index contributed by atoms with van der Waals surface area (Å²) in [6.45, 7) is 2.93. The van der Waals surface area contributed by atoms with Gasteiger partial charge < -0.3 is 9.73 Å². The van der Waals surface area contributed by atoms with Crippen LogP contribution in [0.15, 0.2) is 20.3 Å². The van der Waals surface area contributed by atoms with Crippen molar-refractivity contribution in [3.63, 3.8) is 0 Å². The van der Waals surface area contributed by atoms with Gasteiger partial charge in [-0.1, -0.05) is 0 Å². The first kappa shape index (κ1) is 15.1. The highest BCUT2D eigenvalue weighted by Gasteiger charge is 2.19. The summed E-state index contributed by atoms with van der Waals surface area (Å²) in [5.41, 5.74) is 0. The summed E-state index contributed by atoms with van der Waals surface area (Å²) < 4.78 is 6.86. The van der Waals surface area contributed by atoms with E-state index in [1.807, 2.05) is 12.1 Å². The van der Waals surface area contributed by atoms with Crippen molar-refractivity contribution >= 4 is 27.3 Å². The molecule has 0 saturated carbocycles. The fraction of sp³-hybridized carbons (Fsp3) is 0.571. The van der Waals surface area contributed by atoms with Crippen LogP contribution in [0.1, 0.15) is 25.2 Å². The van der Waals surface area contributed by atoms with Crippen LogP contribution in [0.4, 0.5) is 0 Å². The van der Waals surface area contributed by atoms with Crippen molar-refractivity contribution in [2.75, 3.05) is 20.1 Å². The van der Waals surface area contributed by atoms with Crippen LogP contribution in [0.2, 0.25) is 0 Å². The van der Waals surface area contributed by atoms with Crippen LogP contribution in [0.5, 0.6) is 0 Å². The van der Waals surface area contributed by atoms with E-state index in [1.165, 1.54) is 19.3 Å². The molecule has 0 spiro atoms. The minimum Gasteiger partial charge on any atom is -0.419 e. The van der Waals surface area contributed by atoms with E-state index in [0.717, 1.165) is 21.8 Å². The molecule has 5 nitrogen and oxygen atoms in total. The Kier molecular flexibility index (Phi) is 5.05. The SMILES string of the molecule is CN(Cc1nnc(-c2ccc(Br)s2)o1)C1CCCNCC1. The Bertz CT molecular complexity index is 577. The largest absolute Gasteiger partial charge is 0.419 e. The molecule has 0 amide bonds. The Labute approximate surface area is 136 Å². The number of hydrogen-bond acceptors (Lipinski definition) is 6. The van der Waals surface area contributed by atoms with Gasteiger partial charge in [-0.05, 0) is 67.5 Å². The van der Waals surface area contributed by atoms with E-state index >= 15 is 0 Å². The maximum atomic E-state index is 5.79. The molecule has 114 valence electrons. The zero-order valence-electron chi connectivity index (χ0n) is 12.0. The molecule has 1 unspecified atom stereocenters. The van der Waals surface area contributed by atoms with Gasteiger partial charge in [0.15, 0.2) is 0 Å². The van der Waals surface area contributed by atoms with E-state index in [1.54, 1.807) is 11.3 Å². The standard InChI is InChI=1S/C14H19BrN4OS/c1-19(10-3-2-7-16-8-6-10)9-13-17-18-14(20-13)11-4-5-12(15)21-11/h4-5,10,16H,2-3,6-9H2,1H3. The van der Waals surface area contributed by atoms with Gasteiger partial charge >= 0.3 is 0 Å². The molecule has 1 fully saturated rings. The molecule has 0 bridgehead atoms. The summed E-state index contributed by atoms with van der Waals surface area (Å²) >= 11 is 5.05. The number of rotatable bonds is 4. The Morgan fingerprint density at radius 3 is 3.10 bits per heavy atom. The number of thiophene rings is 1. The van der Waals surface area contributed by atoms with E-state index < -0.39 is 0 Å². The number of hydrogen-bond donors (Lipinski definition) is 1. The van der Waals surface area contributed by atoms with Gasteiger partial charge in [0.05, 0.1) is 15.2 Å². The average molecular weight is 371 g/mol. The molecule has 3 heterocycles. The predicted octanol–water partition coefficient (Wildman–Crippen LogP) is 3.13. The zero-order chi connectivity index (χ0) is 14.7. The van der Waals surface area contributed by atoms with Crippen LogP contribution in [0.25, 0.3) is 10.8 Å². The molecule has 7 heteroatoms. The first-order valence-corrected chi connectivity index (χ1v) is 8.82. The summed E-state index contributed by atoms with van der Waals surface area (Å²) in [6, 6.07) is 4.58. The molecule has 2 aromatic heterocycles. The van der Waals surface area contributed by atoms with Crippen molar-refractivity contribution in [1.29, 1.82) is 0 Å². The topological polar surface area (TPSA) is 54.2 Å². The first-order chi connectivity index (χ1) is 10.2. The third-order valence-corrected chi connectivity index (χ3v) is 5.42. The monoisotopic (exact) mass is 370 g/mol. The minimum atomic E-state index is 0.589. The van der Waals surface area contributed by atoms with Gasteiger partial charge in [0.1, 0.15) is 0 Å². The molecule has 1 aliphatic heterocycles. The average Bonchev–Trinajstić information content (AvgIpc) is 3.00. The second-order valence-corrected chi connectivity index (χ2v) is 7.82. The minimum absolute atomic E-state index is 0.589. The van der Waals surface area contributed by atoms with E-state index in [4.69, 9.17) is 4.42 Å². The molecule has 2 aromatic rings. The molecule has 1 aliphatic rings. The lowest BCUT2D eigenvalue weighted by Crippen LogP contribution is -2.32. The smallest absolute Gasteiger partial charge is 0.257 e. The van der Waals surface area contributed by atoms with Gasteiger partial charge in [-0.25, -0.2) is 0 Å². The van der Waals surface area contributed by atoms with Gasteiger partial charge in [-0.2, -0.15) is 0 Å². The summed E-state index contributed by atoms with van der Waals surface area (Å²) in [7, 11) is 2.14. The lowest BCUT2D eigenvalue weighted by molar-refractivity contribution is 0.198. The van der Waals surface area contributed by atoms with Crippen LogP contribution < -0.4 is 5.32 Å². The van der Waals surface area contributed by atoms with Crippen LogP contribution in [0, 0.1) is 0 Å². The Hall–Kier alpha value is -0.760. The lowest BCUT2D eigenvalue weighted by atomic mass is 10.1. The summed E-state index contributed by atoms with van der Waals surface area (Å²) in [4.78, 5) is 3.33. The van der Waals surface area contributed by atoms with Gasteiger partial charge in [0, 0.05) is 6.04 Å². The molecule has 3 rings (SSSR count). The fourth-order valence-electron chi connectivity index (χ4n) is 2.63. The molecule has 0 aliphatic carbocycles. The van der Waals surface area contributed by atoms with Crippen molar-refractivity contribution in [3.8, 4) is 10.8 Å². The van der Waals surface area contributed by atoms with Crippen LogP contribution in [0.3, 0.4) is 0 Å². The van der Waals surface area contributed by atoms with Crippen molar-refractivity contribution in [1.82, 2.24) is 20.4 Å². The number of nitrogens with one attached hydrogen (secondary N) is 1. The van der Waals surface area contributed by atoms with Gasteiger partial charge in [0.25, 0.3) is 5.89 Å². The maximum absolute atomic E-state index is 5.79. The van der Waals surface area contributed by atoms with Crippen LogP contribution >= 0.6 is 27.3 Å². The Morgan fingerprint density at radius 2 is 2.29 bits per heavy atom. The van der Waals surface area contributed by atoms with Crippen LogP contribution in [-0.4, -0.2) is 41.3 Å². The lowest BCUT2D eigenvalue weighted by Gasteiger charge is -2.25. The Morgan fingerprint density at radius 1 is 1.38 bits per heavy atom. The van der Waals surface area contributed by atoms with Crippen LogP contribution in [-0.2, 0) is 6.54 Å². The predicted molar refractivity (Wildman–Crippen MR) is 87.3 cm³/mol. The summed E-state index contributed by atoms with van der Waals surface area (Å²) in [5.74, 6) is 1.30. The van der Waals surface area contributed by atoms with Gasteiger partial charge in [-0.15, -0.1) is 21.5 Å². The highest BCUT2D eigenvalue weighted by Crippen LogP contribution is 2.30. The Balaban J connectivity index is 1.63. The maximum Gasteiger partial charge on any atom is 0.257 e. The molecule has 21 heavy (non-hydrogen) atoms. The fourth-order valence-corrected chi connectivity index (χ4v) is 3.94. The normalized spacial score (nSPS) is 19.9. The zero-order valence-corrected chi connectivity index (χ0v) is 14.4. The third kappa shape index (κ3) is 3.91. The van der Waals surface area contributed by atoms with Crippen molar-refractivity contribution in [3.05, 3.63) is 21.8 Å². The van der Waals surface area contributed by atoms with E-state index in [2.05, 4.69) is 43.4 Å². The van der Waals surface area contributed by atoms with E-state index in [9.17, 15) is 0 Å². The highest BCUT2D eigenvalue weighted by atomic mass is 79.9. The van der Waals surface area contributed by atoms with E-state index in [0.29, 0.717) is 24.4 Å². The van der Waals surface area contributed by atoms with Gasteiger partial charge in [0.2, 0.25) is 5.89 Å². The highest BCUT2D eigenvalue weighted by molar-refractivity contribution is 9.11. The second kappa shape index (κ2) is 7.00.